The average Bonchev–Trinajstić information content (AvgIpc) is 3.08. The van der Waals surface area contributed by atoms with Crippen molar-refractivity contribution in [2.45, 2.75) is 45.4 Å². The SMILES string of the molecule is CC(C)(OCCC(=O)N1CCc2c(n(Cc3ccc(F)cc3F)c3ncccc23)C1)C(=O)O. The van der Waals surface area contributed by atoms with Crippen molar-refractivity contribution in [3.8, 4) is 0 Å². The van der Waals surface area contributed by atoms with Gasteiger partial charge in [0.05, 0.1) is 26.1 Å². The van der Waals surface area contributed by atoms with Crippen LogP contribution in [0.2, 0.25) is 0 Å². The van der Waals surface area contributed by atoms with Gasteiger partial charge in [-0.3, -0.25) is 4.79 Å². The topological polar surface area (TPSA) is 84.7 Å². The fourth-order valence-corrected chi connectivity index (χ4v) is 4.08. The van der Waals surface area contributed by atoms with E-state index in [0.29, 0.717) is 30.7 Å². The molecule has 0 saturated heterocycles. The molecule has 3 aromatic rings. The predicted molar refractivity (Wildman–Crippen MR) is 117 cm³/mol. The number of carboxylic acids is 1. The van der Waals surface area contributed by atoms with Crippen LogP contribution in [0.4, 0.5) is 8.78 Å². The van der Waals surface area contributed by atoms with Gasteiger partial charge < -0.3 is 19.3 Å². The molecule has 33 heavy (non-hydrogen) atoms. The Morgan fingerprint density at radius 1 is 1.24 bits per heavy atom. The number of amides is 1. The maximum atomic E-state index is 14.4. The summed E-state index contributed by atoms with van der Waals surface area (Å²) < 4.78 is 35.0. The summed E-state index contributed by atoms with van der Waals surface area (Å²) in [5.41, 5.74) is 1.57. The Kier molecular flexibility index (Phi) is 6.16. The summed E-state index contributed by atoms with van der Waals surface area (Å²) in [7, 11) is 0. The molecule has 0 unspecified atom stereocenters. The monoisotopic (exact) mass is 457 g/mol. The number of rotatable bonds is 7. The number of aliphatic carboxylic acids is 1. The van der Waals surface area contributed by atoms with E-state index in [-0.39, 0.29) is 25.5 Å². The molecule has 2 aromatic heterocycles. The van der Waals surface area contributed by atoms with Gasteiger partial charge in [-0.2, -0.15) is 0 Å². The highest BCUT2D eigenvalue weighted by Gasteiger charge is 2.30. The van der Waals surface area contributed by atoms with Gasteiger partial charge in [-0.1, -0.05) is 6.07 Å². The minimum atomic E-state index is -1.37. The van der Waals surface area contributed by atoms with Gasteiger partial charge in [0, 0.05) is 35.5 Å². The molecule has 7 nitrogen and oxygen atoms in total. The van der Waals surface area contributed by atoms with E-state index in [1.54, 1.807) is 11.1 Å². The number of carboxylic acid groups (broad SMARTS) is 1. The van der Waals surface area contributed by atoms with Crippen molar-refractivity contribution in [2.24, 2.45) is 0 Å². The maximum Gasteiger partial charge on any atom is 0.335 e. The number of carbonyl (C=O) groups excluding carboxylic acids is 1. The molecule has 174 valence electrons. The molecule has 1 aliphatic rings. The first-order chi connectivity index (χ1) is 15.7. The lowest BCUT2D eigenvalue weighted by Crippen LogP contribution is -2.39. The van der Waals surface area contributed by atoms with Crippen molar-refractivity contribution in [1.29, 1.82) is 0 Å². The maximum absolute atomic E-state index is 14.4. The van der Waals surface area contributed by atoms with Crippen LogP contribution < -0.4 is 0 Å². The molecule has 0 bridgehead atoms. The van der Waals surface area contributed by atoms with Crippen molar-refractivity contribution < 1.29 is 28.2 Å². The first kappa shape index (κ1) is 22.8. The van der Waals surface area contributed by atoms with Crippen LogP contribution in [-0.2, 0) is 33.8 Å². The van der Waals surface area contributed by atoms with Gasteiger partial charge in [0.1, 0.15) is 17.3 Å². The number of carbonyl (C=O) groups is 2. The molecule has 1 amide bonds. The van der Waals surface area contributed by atoms with Crippen LogP contribution in [0.15, 0.2) is 36.5 Å². The van der Waals surface area contributed by atoms with Crippen molar-refractivity contribution in [3.05, 3.63) is 65.0 Å². The summed E-state index contributed by atoms with van der Waals surface area (Å²) in [6.45, 7) is 3.85. The molecule has 0 aliphatic carbocycles. The summed E-state index contributed by atoms with van der Waals surface area (Å²) in [6, 6.07) is 7.29. The summed E-state index contributed by atoms with van der Waals surface area (Å²) >= 11 is 0. The van der Waals surface area contributed by atoms with E-state index in [1.165, 1.54) is 26.0 Å². The quantitative estimate of drug-likeness (QED) is 0.587. The Morgan fingerprint density at radius 3 is 2.76 bits per heavy atom. The van der Waals surface area contributed by atoms with Crippen LogP contribution in [-0.4, -0.2) is 50.2 Å². The lowest BCUT2D eigenvalue weighted by atomic mass is 10.0. The van der Waals surface area contributed by atoms with E-state index in [4.69, 9.17) is 9.84 Å². The van der Waals surface area contributed by atoms with E-state index in [0.717, 1.165) is 22.7 Å². The molecule has 4 rings (SSSR count). The molecule has 1 aliphatic heterocycles. The standard InChI is InChI=1S/C24H25F2N3O4/c1-24(2,23(31)32)33-11-8-21(30)28-10-7-17-18-4-3-9-27-22(18)29(20(17)14-28)13-15-5-6-16(25)12-19(15)26/h3-6,9,12H,7-8,10-11,13-14H2,1-2H3,(H,31,32). The van der Waals surface area contributed by atoms with Crippen molar-refractivity contribution in [1.82, 2.24) is 14.5 Å². The van der Waals surface area contributed by atoms with Crippen LogP contribution in [0.25, 0.3) is 11.0 Å². The fraction of sp³-hybridized carbons (Fsp3) is 0.375. The molecule has 1 N–H and O–H groups in total. The zero-order valence-electron chi connectivity index (χ0n) is 18.5. The third kappa shape index (κ3) is 4.59. The van der Waals surface area contributed by atoms with Crippen LogP contribution in [0.5, 0.6) is 0 Å². The number of pyridine rings is 1. The Balaban J connectivity index is 1.57. The number of nitrogens with zero attached hydrogens (tertiary/aromatic N) is 3. The fourth-order valence-electron chi connectivity index (χ4n) is 4.08. The van der Waals surface area contributed by atoms with Crippen LogP contribution in [0, 0.1) is 11.6 Å². The second-order valence-corrected chi connectivity index (χ2v) is 8.60. The highest BCUT2D eigenvalue weighted by Crippen LogP contribution is 2.31. The summed E-state index contributed by atoms with van der Waals surface area (Å²) in [4.78, 5) is 30.2. The molecule has 9 heteroatoms. The Bertz CT molecular complexity index is 1220. The average molecular weight is 457 g/mol. The van der Waals surface area contributed by atoms with E-state index in [2.05, 4.69) is 4.98 Å². The first-order valence-corrected chi connectivity index (χ1v) is 10.7. The molecule has 0 spiro atoms. The molecule has 0 fully saturated rings. The molecule has 0 saturated carbocycles. The Labute approximate surface area is 189 Å². The van der Waals surface area contributed by atoms with E-state index >= 15 is 0 Å². The number of hydrogen-bond acceptors (Lipinski definition) is 4. The van der Waals surface area contributed by atoms with Gasteiger partial charge >= 0.3 is 5.97 Å². The van der Waals surface area contributed by atoms with E-state index in [9.17, 15) is 18.4 Å². The molecular weight excluding hydrogens is 432 g/mol. The van der Waals surface area contributed by atoms with Gasteiger partial charge in [-0.25, -0.2) is 18.6 Å². The lowest BCUT2D eigenvalue weighted by Gasteiger charge is -2.29. The van der Waals surface area contributed by atoms with Gasteiger partial charge in [-0.05, 0) is 44.0 Å². The highest BCUT2D eigenvalue weighted by atomic mass is 19.1. The van der Waals surface area contributed by atoms with Crippen LogP contribution in [0.3, 0.4) is 0 Å². The highest BCUT2D eigenvalue weighted by molar-refractivity contribution is 5.84. The second kappa shape index (κ2) is 8.90. The zero-order chi connectivity index (χ0) is 23.8. The number of benzene rings is 1. The number of aromatic nitrogens is 2. The minimum Gasteiger partial charge on any atom is -0.479 e. The third-order valence-corrected chi connectivity index (χ3v) is 6.00. The first-order valence-electron chi connectivity index (χ1n) is 10.7. The molecule has 0 atom stereocenters. The predicted octanol–water partition coefficient (Wildman–Crippen LogP) is 3.52. The summed E-state index contributed by atoms with van der Waals surface area (Å²) in [5, 5.41) is 10.1. The number of fused-ring (bicyclic) bond motifs is 3. The summed E-state index contributed by atoms with van der Waals surface area (Å²) in [6.07, 6.45) is 2.33. The lowest BCUT2D eigenvalue weighted by molar-refractivity contribution is -0.162. The van der Waals surface area contributed by atoms with Crippen LogP contribution >= 0.6 is 0 Å². The number of ether oxygens (including phenoxy) is 1. The van der Waals surface area contributed by atoms with E-state index < -0.39 is 23.2 Å². The number of hydrogen-bond donors (Lipinski definition) is 1. The van der Waals surface area contributed by atoms with Gasteiger partial charge in [-0.15, -0.1) is 0 Å². The van der Waals surface area contributed by atoms with Gasteiger partial charge in [0.15, 0.2) is 5.60 Å². The Hall–Kier alpha value is -3.33. The molecular formula is C24H25F2N3O4. The van der Waals surface area contributed by atoms with Gasteiger partial charge in [0.2, 0.25) is 5.91 Å². The summed E-state index contributed by atoms with van der Waals surface area (Å²) in [5.74, 6) is -2.52. The van der Waals surface area contributed by atoms with E-state index in [1.807, 2.05) is 16.7 Å². The van der Waals surface area contributed by atoms with Crippen molar-refractivity contribution >= 4 is 22.9 Å². The van der Waals surface area contributed by atoms with Crippen molar-refractivity contribution in [3.63, 3.8) is 0 Å². The minimum absolute atomic E-state index is 0.00712. The molecule has 3 heterocycles. The molecule has 0 radical (unpaired) electrons. The number of halogens is 2. The molecule has 1 aromatic carbocycles. The Morgan fingerprint density at radius 2 is 2.03 bits per heavy atom. The van der Waals surface area contributed by atoms with Crippen LogP contribution in [0.1, 0.15) is 37.1 Å². The van der Waals surface area contributed by atoms with Crippen molar-refractivity contribution in [2.75, 3.05) is 13.2 Å². The third-order valence-electron chi connectivity index (χ3n) is 6.00. The largest absolute Gasteiger partial charge is 0.479 e. The second-order valence-electron chi connectivity index (χ2n) is 8.60. The zero-order valence-corrected chi connectivity index (χ0v) is 18.5. The smallest absolute Gasteiger partial charge is 0.335 e. The normalized spacial score (nSPS) is 13.9. The van der Waals surface area contributed by atoms with Gasteiger partial charge in [0.25, 0.3) is 0 Å².